The lowest BCUT2D eigenvalue weighted by Crippen LogP contribution is -2.32. The van der Waals surface area contributed by atoms with Crippen LogP contribution >= 0.6 is 11.6 Å². The Morgan fingerprint density at radius 1 is 1.38 bits per heavy atom. The molecule has 1 saturated heterocycles. The Kier molecular flexibility index (Phi) is 4.15. The summed E-state index contributed by atoms with van der Waals surface area (Å²) in [5, 5.41) is 3.57. The Balaban J connectivity index is 1.45. The number of hydrogen-bond acceptors (Lipinski definition) is 2. The maximum absolute atomic E-state index is 11.9. The highest BCUT2D eigenvalue weighted by molar-refractivity contribution is 6.30. The predicted molar refractivity (Wildman–Crippen MR) is 81.0 cm³/mol. The zero-order chi connectivity index (χ0) is 14.8. The molecule has 2 fully saturated rings. The van der Waals surface area contributed by atoms with Crippen LogP contribution in [0.5, 0.6) is 0 Å². The van der Waals surface area contributed by atoms with Crippen LogP contribution in [0.1, 0.15) is 24.8 Å². The van der Waals surface area contributed by atoms with Crippen molar-refractivity contribution < 1.29 is 9.59 Å². The zero-order valence-corrected chi connectivity index (χ0v) is 12.6. The second-order valence-corrected chi connectivity index (χ2v) is 6.39. The molecule has 112 valence electrons. The SMILES string of the molecule is O=C(Cc1cccc(Cl)c1)NCC1CC(=O)N(C2CC2)C1. The third-order valence-electron chi connectivity index (χ3n) is 4.07. The smallest absolute Gasteiger partial charge is 0.224 e. The van der Waals surface area contributed by atoms with Gasteiger partial charge >= 0.3 is 0 Å². The average molecular weight is 307 g/mol. The molecule has 2 aliphatic rings. The summed E-state index contributed by atoms with van der Waals surface area (Å²) in [5.41, 5.74) is 0.905. The molecule has 1 unspecified atom stereocenters. The van der Waals surface area contributed by atoms with E-state index < -0.39 is 0 Å². The van der Waals surface area contributed by atoms with Gasteiger partial charge in [-0.3, -0.25) is 9.59 Å². The minimum atomic E-state index is -0.0189. The van der Waals surface area contributed by atoms with Crippen molar-refractivity contribution in [3.63, 3.8) is 0 Å². The molecular weight excluding hydrogens is 288 g/mol. The molecule has 2 amide bonds. The normalized spacial score (nSPS) is 21.7. The lowest BCUT2D eigenvalue weighted by atomic mass is 10.1. The molecule has 1 aliphatic carbocycles. The van der Waals surface area contributed by atoms with Crippen molar-refractivity contribution in [3.05, 3.63) is 34.9 Å². The van der Waals surface area contributed by atoms with E-state index in [1.807, 2.05) is 17.0 Å². The third kappa shape index (κ3) is 3.76. The Hall–Kier alpha value is -1.55. The van der Waals surface area contributed by atoms with E-state index in [0.29, 0.717) is 30.5 Å². The molecule has 3 rings (SSSR count). The minimum Gasteiger partial charge on any atom is -0.355 e. The molecule has 0 aromatic heterocycles. The fourth-order valence-corrected chi connectivity index (χ4v) is 3.05. The molecule has 1 aromatic carbocycles. The maximum atomic E-state index is 11.9. The molecule has 5 heteroatoms. The molecule has 4 nitrogen and oxygen atoms in total. The Morgan fingerprint density at radius 3 is 2.90 bits per heavy atom. The molecule has 1 heterocycles. The van der Waals surface area contributed by atoms with Crippen molar-refractivity contribution >= 4 is 23.4 Å². The van der Waals surface area contributed by atoms with Gasteiger partial charge in [-0.2, -0.15) is 0 Å². The Labute approximate surface area is 129 Å². The van der Waals surface area contributed by atoms with E-state index >= 15 is 0 Å². The molecular formula is C16H19ClN2O2. The van der Waals surface area contributed by atoms with Crippen LogP contribution in [0.4, 0.5) is 0 Å². The minimum absolute atomic E-state index is 0.0189. The van der Waals surface area contributed by atoms with E-state index in [9.17, 15) is 9.59 Å². The molecule has 21 heavy (non-hydrogen) atoms. The number of halogens is 1. The highest BCUT2D eigenvalue weighted by Crippen LogP contribution is 2.32. The maximum Gasteiger partial charge on any atom is 0.224 e. The first kappa shape index (κ1) is 14.4. The fraction of sp³-hybridized carbons (Fsp3) is 0.500. The molecule has 0 bridgehead atoms. The number of benzene rings is 1. The number of likely N-dealkylation sites (tertiary alicyclic amines) is 1. The van der Waals surface area contributed by atoms with Gasteiger partial charge in [0.2, 0.25) is 11.8 Å². The molecule has 1 aliphatic heterocycles. The summed E-state index contributed by atoms with van der Waals surface area (Å²) in [6, 6.07) is 7.80. The Morgan fingerprint density at radius 2 is 2.19 bits per heavy atom. The summed E-state index contributed by atoms with van der Waals surface area (Å²) in [4.78, 5) is 25.8. The van der Waals surface area contributed by atoms with Crippen molar-refractivity contribution in [2.45, 2.75) is 31.7 Å². The topological polar surface area (TPSA) is 49.4 Å². The van der Waals surface area contributed by atoms with Gasteiger partial charge < -0.3 is 10.2 Å². The quantitative estimate of drug-likeness (QED) is 0.904. The van der Waals surface area contributed by atoms with Crippen LogP contribution in [-0.2, 0) is 16.0 Å². The number of nitrogens with zero attached hydrogens (tertiary/aromatic N) is 1. The molecule has 0 spiro atoms. The van der Waals surface area contributed by atoms with E-state index in [1.165, 1.54) is 0 Å². The van der Waals surface area contributed by atoms with Crippen LogP contribution in [0.25, 0.3) is 0 Å². The number of carbonyl (C=O) groups excluding carboxylic acids is 2. The van der Waals surface area contributed by atoms with Gasteiger partial charge in [0, 0.05) is 36.5 Å². The van der Waals surface area contributed by atoms with Gasteiger partial charge in [0.25, 0.3) is 0 Å². The van der Waals surface area contributed by atoms with Gasteiger partial charge in [-0.15, -0.1) is 0 Å². The van der Waals surface area contributed by atoms with Crippen molar-refractivity contribution in [3.8, 4) is 0 Å². The third-order valence-corrected chi connectivity index (χ3v) is 4.30. The highest BCUT2D eigenvalue weighted by atomic mass is 35.5. The van der Waals surface area contributed by atoms with E-state index in [-0.39, 0.29) is 17.7 Å². The molecule has 1 atom stereocenters. The van der Waals surface area contributed by atoms with Crippen molar-refractivity contribution in [2.75, 3.05) is 13.1 Å². The second kappa shape index (κ2) is 6.06. The van der Waals surface area contributed by atoms with Gasteiger partial charge in [0.05, 0.1) is 6.42 Å². The van der Waals surface area contributed by atoms with E-state index in [4.69, 9.17) is 11.6 Å². The van der Waals surface area contributed by atoms with Crippen LogP contribution in [0.2, 0.25) is 5.02 Å². The molecule has 0 radical (unpaired) electrons. The van der Waals surface area contributed by atoms with Crippen LogP contribution in [0, 0.1) is 5.92 Å². The van der Waals surface area contributed by atoms with E-state index in [2.05, 4.69) is 5.32 Å². The van der Waals surface area contributed by atoms with Gasteiger partial charge in [0.1, 0.15) is 0 Å². The summed E-state index contributed by atoms with van der Waals surface area (Å²) in [7, 11) is 0. The number of carbonyl (C=O) groups is 2. The summed E-state index contributed by atoms with van der Waals surface area (Å²) in [6.07, 6.45) is 3.17. The summed E-state index contributed by atoms with van der Waals surface area (Å²) in [6.45, 7) is 1.37. The number of hydrogen-bond donors (Lipinski definition) is 1. The molecule has 1 saturated carbocycles. The lowest BCUT2D eigenvalue weighted by molar-refractivity contribution is -0.128. The number of rotatable bonds is 5. The number of nitrogens with one attached hydrogen (secondary N) is 1. The monoisotopic (exact) mass is 306 g/mol. The first-order valence-corrected chi connectivity index (χ1v) is 7.80. The van der Waals surface area contributed by atoms with Crippen LogP contribution in [0.15, 0.2) is 24.3 Å². The zero-order valence-electron chi connectivity index (χ0n) is 11.8. The molecule has 1 N–H and O–H groups in total. The summed E-state index contributed by atoms with van der Waals surface area (Å²) in [5.74, 6) is 0.475. The summed E-state index contributed by atoms with van der Waals surface area (Å²) < 4.78 is 0. The van der Waals surface area contributed by atoms with E-state index in [1.54, 1.807) is 12.1 Å². The molecule has 1 aromatic rings. The first-order chi connectivity index (χ1) is 10.1. The second-order valence-electron chi connectivity index (χ2n) is 5.96. The average Bonchev–Trinajstić information content (AvgIpc) is 3.20. The highest BCUT2D eigenvalue weighted by Gasteiger charge is 2.39. The summed E-state index contributed by atoms with van der Waals surface area (Å²) >= 11 is 5.90. The van der Waals surface area contributed by atoms with Crippen molar-refractivity contribution in [2.24, 2.45) is 5.92 Å². The van der Waals surface area contributed by atoms with Crippen molar-refractivity contribution in [1.82, 2.24) is 10.2 Å². The van der Waals surface area contributed by atoms with Gasteiger partial charge in [-0.05, 0) is 30.5 Å². The van der Waals surface area contributed by atoms with Crippen molar-refractivity contribution in [1.29, 1.82) is 0 Å². The standard InChI is InChI=1S/C16H19ClN2O2/c17-13-3-1-2-11(6-13)7-15(20)18-9-12-8-16(21)19(10-12)14-4-5-14/h1-3,6,12,14H,4-5,7-10H2,(H,18,20). The van der Waals surface area contributed by atoms with Crippen LogP contribution < -0.4 is 5.32 Å². The lowest BCUT2D eigenvalue weighted by Gasteiger charge is -2.15. The fourth-order valence-electron chi connectivity index (χ4n) is 2.84. The van der Waals surface area contributed by atoms with Crippen LogP contribution in [0.3, 0.4) is 0 Å². The van der Waals surface area contributed by atoms with Gasteiger partial charge in [0.15, 0.2) is 0 Å². The first-order valence-electron chi connectivity index (χ1n) is 7.42. The van der Waals surface area contributed by atoms with Gasteiger partial charge in [-0.1, -0.05) is 23.7 Å². The Bertz CT molecular complexity index is 557. The number of amides is 2. The van der Waals surface area contributed by atoms with E-state index in [0.717, 1.165) is 24.9 Å². The largest absolute Gasteiger partial charge is 0.355 e. The van der Waals surface area contributed by atoms with Crippen LogP contribution in [-0.4, -0.2) is 35.8 Å². The predicted octanol–water partition coefficient (Wildman–Crippen LogP) is 2.01. The van der Waals surface area contributed by atoms with Gasteiger partial charge in [-0.25, -0.2) is 0 Å².